The molecule has 1 rings (SSSR count). The molecule has 0 aliphatic carbocycles. The Labute approximate surface area is 129 Å². The number of hydrogen-bond acceptors (Lipinski definition) is 3. The minimum atomic E-state index is -4.45. The smallest absolute Gasteiger partial charge is 0.368 e. The number of hydrogen-bond donors (Lipinski definition) is 2. The molecule has 23 heavy (non-hydrogen) atoms. The van der Waals surface area contributed by atoms with Crippen molar-refractivity contribution in [2.75, 3.05) is 13.1 Å². The number of carbonyl (C=O) groups excluding carboxylic acids is 3. The van der Waals surface area contributed by atoms with E-state index in [-0.39, 0.29) is 0 Å². The van der Waals surface area contributed by atoms with Crippen LogP contribution in [0.15, 0.2) is 30.3 Å². The molecule has 0 aliphatic rings. The zero-order chi connectivity index (χ0) is 17.6. The summed E-state index contributed by atoms with van der Waals surface area (Å²) in [7, 11) is 0. The van der Waals surface area contributed by atoms with Gasteiger partial charge in [-0.15, -0.1) is 0 Å². The lowest BCUT2D eigenvalue weighted by atomic mass is 10.1. The van der Waals surface area contributed by atoms with Gasteiger partial charge in [-0.05, 0) is 23.8 Å². The van der Waals surface area contributed by atoms with Crippen LogP contribution in [0, 0.1) is 0 Å². The van der Waals surface area contributed by atoms with E-state index in [4.69, 9.17) is 11.5 Å². The van der Waals surface area contributed by atoms with Crippen molar-refractivity contribution in [1.82, 2.24) is 4.90 Å². The summed E-state index contributed by atoms with van der Waals surface area (Å²) in [6.07, 6.45) is -2.19. The van der Waals surface area contributed by atoms with E-state index < -0.39 is 42.6 Å². The third-order valence-electron chi connectivity index (χ3n) is 2.66. The number of primary amides is 2. The zero-order valence-corrected chi connectivity index (χ0v) is 11.8. The maximum Gasteiger partial charge on any atom is 0.416 e. The number of alkyl halides is 3. The largest absolute Gasteiger partial charge is 0.416 e. The molecule has 0 aromatic heterocycles. The number of carbonyl (C=O) groups is 3. The number of halogens is 3. The Hall–Kier alpha value is -2.84. The van der Waals surface area contributed by atoms with Crippen molar-refractivity contribution in [1.29, 1.82) is 0 Å². The minimum Gasteiger partial charge on any atom is -0.368 e. The lowest BCUT2D eigenvalue weighted by molar-refractivity contribution is -0.137. The molecule has 124 valence electrons. The van der Waals surface area contributed by atoms with E-state index in [0.29, 0.717) is 5.56 Å². The van der Waals surface area contributed by atoms with Gasteiger partial charge in [0, 0.05) is 6.08 Å². The van der Waals surface area contributed by atoms with Crippen molar-refractivity contribution in [3.05, 3.63) is 41.5 Å². The highest BCUT2D eigenvalue weighted by atomic mass is 19.4. The molecule has 0 saturated carbocycles. The average molecular weight is 329 g/mol. The number of rotatable bonds is 6. The molecule has 0 heterocycles. The fourth-order valence-electron chi connectivity index (χ4n) is 1.64. The van der Waals surface area contributed by atoms with Gasteiger partial charge in [0.1, 0.15) is 13.1 Å². The summed E-state index contributed by atoms with van der Waals surface area (Å²) in [4.78, 5) is 34.4. The Kier molecular flexibility index (Phi) is 5.88. The van der Waals surface area contributed by atoms with Crippen LogP contribution in [0.3, 0.4) is 0 Å². The second-order valence-electron chi connectivity index (χ2n) is 4.58. The molecule has 4 N–H and O–H groups in total. The first-order valence-corrected chi connectivity index (χ1v) is 6.30. The average Bonchev–Trinajstić information content (AvgIpc) is 2.42. The van der Waals surface area contributed by atoms with Crippen molar-refractivity contribution in [3.63, 3.8) is 0 Å². The van der Waals surface area contributed by atoms with Gasteiger partial charge < -0.3 is 16.4 Å². The Bertz CT molecular complexity index is 608. The third-order valence-corrected chi connectivity index (χ3v) is 2.66. The fraction of sp³-hybridized carbons (Fsp3) is 0.214. The van der Waals surface area contributed by atoms with Crippen LogP contribution in [0.25, 0.3) is 6.08 Å². The maximum absolute atomic E-state index is 12.4. The van der Waals surface area contributed by atoms with E-state index in [1.807, 2.05) is 0 Å². The summed E-state index contributed by atoms with van der Waals surface area (Å²) < 4.78 is 37.2. The van der Waals surface area contributed by atoms with Gasteiger partial charge in [-0.3, -0.25) is 14.4 Å². The van der Waals surface area contributed by atoms with Crippen LogP contribution in [0.2, 0.25) is 0 Å². The van der Waals surface area contributed by atoms with Gasteiger partial charge in [0.15, 0.2) is 0 Å². The predicted octanol–water partition coefficient (Wildman–Crippen LogP) is 0.518. The molecule has 1 aromatic carbocycles. The van der Waals surface area contributed by atoms with Gasteiger partial charge >= 0.3 is 6.18 Å². The van der Waals surface area contributed by atoms with Crippen LogP contribution in [0.1, 0.15) is 11.1 Å². The lowest BCUT2D eigenvalue weighted by Crippen LogP contribution is -2.42. The van der Waals surface area contributed by atoms with E-state index in [0.717, 1.165) is 23.1 Å². The highest BCUT2D eigenvalue weighted by Gasteiger charge is 2.29. The van der Waals surface area contributed by atoms with Crippen LogP contribution >= 0.6 is 0 Å². The maximum atomic E-state index is 12.4. The monoisotopic (exact) mass is 329 g/mol. The summed E-state index contributed by atoms with van der Waals surface area (Å²) >= 11 is 0. The first-order chi connectivity index (χ1) is 10.6. The Morgan fingerprint density at radius 3 is 1.87 bits per heavy atom. The molecule has 0 aliphatic heterocycles. The van der Waals surface area contributed by atoms with Crippen LogP contribution < -0.4 is 11.5 Å². The van der Waals surface area contributed by atoms with E-state index in [9.17, 15) is 27.6 Å². The highest BCUT2D eigenvalue weighted by molar-refractivity contribution is 5.96. The number of nitrogens with zero attached hydrogens (tertiary/aromatic N) is 1. The van der Waals surface area contributed by atoms with Crippen molar-refractivity contribution in [2.45, 2.75) is 6.18 Å². The molecule has 0 bridgehead atoms. The van der Waals surface area contributed by atoms with E-state index in [1.165, 1.54) is 18.2 Å². The molecule has 0 unspecified atom stereocenters. The second-order valence-corrected chi connectivity index (χ2v) is 4.58. The molecule has 3 amide bonds. The topological polar surface area (TPSA) is 106 Å². The second kappa shape index (κ2) is 7.43. The predicted molar refractivity (Wildman–Crippen MR) is 75.4 cm³/mol. The van der Waals surface area contributed by atoms with Crippen LogP contribution in [0.5, 0.6) is 0 Å². The Morgan fingerprint density at radius 1 is 1.00 bits per heavy atom. The van der Waals surface area contributed by atoms with Crippen molar-refractivity contribution in [2.24, 2.45) is 11.5 Å². The van der Waals surface area contributed by atoms with Crippen LogP contribution in [0.4, 0.5) is 13.2 Å². The van der Waals surface area contributed by atoms with Gasteiger partial charge in [-0.2, -0.15) is 13.2 Å². The van der Waals surface area contributed by atoms with Crippen molar-refractivity contribution in [3.8, 4) is 0 Å². The Morgan fingerprint density at radius 2 is 1.48 bits per heavy atom. The SMILES string of the molecule is NC(=O)CN(CC(N)=O)C(=O)C=Cc1ccc(C(F)(F)F)cc1. The van der Waals surface area contributed by atoms with Gasteiger partial charge in [-0.1, -0.05) is 12.1 Å². The third kappa shape index (κ3) is 6.20. The zero-order valence-electron chi connectivity index (χ0n) is 11.8. The van der Waals surface area contributed by atoms with E-state index in [1.54, 1.807) is 0 Å². The minimum absolute atomic E-state index is 0.337. The van der Waals surface area contributed by atoms with Crippen molar-refractivity contribution < 1.29 is 27.6 Å². The van der Waals surface area contributed by atoms with Gasteiger partial charge in [0.05, 0.1) is 5.56 Å². The molecule has 1 aromatic rings. The first-order valence-electron chi connectivity index (χ1n) is 6.30. The standard InChI is InChI=1S/C14H14F3N3O3/c15-14(16,17)10-4-1-9(2-5-10)3-6-13(23)20(7-11(18)21)8-12(19)22/h1-6H,7-8H2,(H2,18,21)(H2,19,22). The van der Waals surface area contributed by atoms with Gasteiger partial charge in [0.25, 0.3) is 0 Å². The normalized spacial score (nSPS) is 11.4. The molecule has 0 spiro atoms. The van der Waals surface area contributed by atoms with Crippen LogP contribution in [-0.4, -0.2) is 35.7 Å². The molecule has 0 fully saturated rings. The lowest BCUT2D eigenvalue weighted by Gasteiger charge is -2.17. The van der Waals surface area contributed by atoms with Gasteiger partial charge in [-0.25, -0.2) is 0 Å². The number of amides is 3. The summed E-state index contributed by atoms with van der Waals surface area (Å²) in [6, 6.07) is 4.10. The van der Waals surface area contributed by atoms with Crippen molar-refractivity contribution >= 4 is 23.8 Å². The molecule has 6 nitrogen and oxygen atoms in total. The molecule has 0 radical (unpaired) electrons. The van der Waals surface area contributed by atoms with Gasteiger partial charge in [0.2, 0.25) is 17.7 Å². The molecule has 0 saturated heterocycles. The summed E-state index contributed by atoms with van der Waals surface area (Å²) in [5.41, 5.74) is 9.43. The molecular weight excluding hydrogens is 315 g/mol. The van der Waals surface area contributed by atoms with Crippen LogP contribution in [-0.2, 0) is 20.6 Å². The highest BCUT2D eigenvalue weighted by Crippen LogP contribution is 2.29. The molecular formula is C14H14F3N3O3. The summed E-state index contributed by atoms with van der Waals surface area (Å²) in [6.45, 7) is -1.00. The van der Waals surface area contributed by atoms with E-state index in [2.05, 4.69) is 0 Å². The first kappa shape index (κ1) is 18.2. The summed E-state index contributed by atoms with van der Waals surface area (Å²) in [5, 5.41) is 0. The number of benzene rings is 1. The quantitative estimate of drug-likeness (QED) is 0.743. The molecule has 9 heteroatoms. The Balaban J connectivity index is 2.82. The summed E-state index contributed by atoms with van der Waals surface area (Å²) in [5.74, 6) is -2.38. The number of nitrogens with two attached hydrogens (primary N) is 2. The molecule has 0 atom stereocenters. The van der Waals surface area contributed by atoms with E-state index >= 15 is 0 Å². The fourth-order valence-corrected chi connectivity index (χ4v) is 1.64.